The van der Waals surface area contributed by atoms with Crippen molar-refractivity contribution in [3.63, 3.8) is 0 Å². The van der Waals surface area contributed by atoms with Crippen molar-refractivity contribution < 1.29 is 4.42 Å². The molecule has 0 amide bonds. The minimum atomic E-state index is 0.910. The third kappa shape index (κ3) is 6.93. The minimum absolute atomic E-state index is 0.910. The second-order valence-electron chi connectivity index (χ2n) is 16.0. The largest absolute Gasteiger partial charge is 0.455 e. The number of fused-ring (bicyclic) bond motifs is 10. The Hall–Kier alpha value is -7.98. The molecule has 0 unspecified atom stereocenters. The summed E-state index contributed by atoms with van der Waals surface area (Å²) in [6, 6.07) is 76.7. The number of hydrogen-bond donors (Lipinski definition) is 0. The van der Waals surface area contributed by atoms with Gasteiger partial charge in [0.1, 0.15) is 11.2 Å². The van der Waals surface area contributed by atoms with Gasteiger partial charge in [0.05, 0.1) is 0 Å². The molecule has 0 N–H and O–H groups in total. The standard InChI is InChI=1S/C56H35NOS.C5H8/c1-2-11-36(12-3-1)37-21-28-42(29-22-37)57(43-30-23-39(24-31-43)47-18-10-19-49-53-45-15-6-4-13-38(45)27-34-51(53)58-55(47)49)44-32-25-40(26-33-44)50-35-41-14-5-7-16-46(41)54-48-17-8-9-20-52(48)59-56(50)54;1-3-5-4-2/h1-35H;3-5H,1H2,2H3/b;5-4-. The van der Waals surface area contributed by atoms with E-state index in [0.717, 1.165) is 44.7 Å². The summed E-state index contributed by atoms with van der Waals surface area (Å²) in [5, 5.41) is 9.96. The number of rotatable bonds is 7. The number of para-hydroxylation sites is 1. The van der Waals surface area contributed by atoms with Gasteiger partial charge in [0.15, 0.2) is 0 Å². The van der Waals surface area contributed by atoms with Crippen molar-refractivity contribution in [2.75, 3.05) is 4.90 Å². The first-order chi connectivity index (χ1) is 31.7. The maximum absolute atomic E-state index is 6.62. The molecule has 10 aromatic carbocycles. The number of furan rings is 1. The van der Waals surface area contributed by atoms with Crippen LogP contribution in [0.25, 0.3) is 97.0 Å². The molecule has 0 saturated carbocycles. The Labute approximate surface area is 376 Å². The normalized spacial score (nSPS) is 11.5. The first kappa shape index (κ1) is 38.9. The van der Waals surface area contributed by atoms with Crippen LogP contribution >= 0.6 is 11.3 Å². The molecule has 2 aromatic heterocycles. The fraction of sp³-hybridized carbons (Fsp3) is 0.0164. The zero-order valence-corrected chi connectivity index (χ0v) is 36.2. The van der Waals surface area contributed by atoms with E-state index in [1.54, 1.807) is 6.08 Å². The average molecular weight is 838 g/mol. The quantitative estimate of drug-likeness (QED) is 0.149. The van der Waals surface area contributed by atoms with Crippen LogP contribution in [0, 0.1) is 0 Å². The fourth-order valence-electron chi connectivity index (χ4n) is 9.18. The molecule has 3 heteroatoms. The Bertz CT molecular complexity index is 3670. The van der Waals surface area contributed by atoms with Crippen LogP contribution in [-0.2, 0) is 0 Å². The van der Waals surface area contributed by atoms with Crippen LogP contribution < -0.4 is 4.90 Å². The first-order valence-corrected chi connectivity index (χ1v) is 22.5. The van der Waals surface area contributed by atoms with Gasteiger partial charge in [0.25, 0.3) is 0 Å². The van der Waals surface area contributed by atoms with Crippen molar-refractivity contribution in [2.24, 2.45) is 0 Å². The Morgan fingerprint density at radius 2 is 1.00 bits per heavy atom. The summed E-state index contributed by atoms with van der Waals surface area (Å²) in [6.45, 7) is 5.42. The smallest absolute Gasteiger partial charge is 0.143 e. The Morgan fingerprint density at radius 3 is 1.66 bits per heavy atom. The van der Waals surface area contributed by atoms with E-state index in [1.165, 1.54) is 69.4 Å². The Morgan fingerprint density at radius 1 is 0.453 bits per heavy atom. The topological polar surface area (TPSA) is 16.4 Å². The molecule has 0 aliphatic heterocycles. The second kappa shape index (κ2) is 16.7. The van der Waals surface area contributed by atoms with Gasteiger partial charge in [-0.15, -0.1) is 11.3 Å². The van der Waals surface area contributed by atoms with Crippen LogP contribution in [0.5, 0.6) is 0 Å². The molecular weight excluding hydrogens is 795 g/mol. The van der Waals surface area contributed by atoms with E-state index < -0.39 is 0 Å². The lowest BCUT2D eigenvalue weighted by atomic mass is 9.96. The number of anilines is 3. The van der Waals surface area contributed by atoms with E-state index in [9.17, 15) is 0 Å². The van der Waals surface area contributed by atoms with Crippen molar-refractivity contribution in [3.8, 4) is 33.4 Å². The number of nitrogens with zero attached hydrogens (tertiary/aromatic N) is 1. The predicted octanol–water partition coefficient (Wildman–Crippen LogP) is 18.5. The molecule has 12 aromatic rings. The maximum atomic E-state index is 6.62. The molecule has 0 aliphatic rings. The molecule has 12 rings (SSSR count). The fourth-order valence-corrected chi connectivity index (χ4v) is 10.4. The number of thiophene rings is 1. The van der Waals surface area contributed by atoms with Gasteiger partial charge in [-0.1, -0.05) is 183 Å². The van der Waals surface area contributed by atoms with Crippen LogP contribution in [0.3, 0.4) is 0 Å². The zero-order chi connectivity index (χ0) is 43.0. The van der Waals surface area contributed by atoms with E-state index >= 15 is 0 Å². The van der Waals surface area contributed by atoms with E-state index in [-0.39, 0.29) is 0 Å². The molecule has 304 valence electrons. The summed E-state index contributed by atoms with van der Waals surface area (Å²) in [4.78, 5) is 2.35. The van der Waals surface area contributed by atoms with Crippen molar-refractivity contribution in [1.82, 2.24) is 0 Å². The number of allylic oxidation sites excluding steroid dienone is 3. The predicted molar refractivity (Wildman–Crippen MR) is 278 cm³/mol. The van der Waals surface area contributed by atoms with Gasteiger partial charge in [0.2, 0.25) is 0 Å². The molecular formula is C61H43NOS. The first-order valence-electron chi connectivity index (χ1n) is 21.7. The van der Waals surface area contributed by atoms with Gasteiger partial charge >= 0.3 is 0 Å². The minimum Gasteiger partial charge on any atom is -0.455 e. The highest BCUT2D eigenvalue weighted by atomic mass is 32.1. The summed E-state index contributed by atoms with van der Waals surface area (Å²) >= 11 is 1.89. The van der Waals surface area contributed by atoms with Crippen molar-refractivity contribution >= 4 is 92.1 Å². The molecule has 0 spiro atoms. The second-order valence-corrected chi connectivity index (χ2v) is 17.0. The lowest BCUT2D eigenvalue weighted by molar-refractivity contribution is 0.670. The lowest BCUT2D eigenvalue weighted by Crippen LogP contribution is -2.09. The molecule has 2 heterocycles. The molecule has 64 heavy (non-hydrogen) atoms. The molecule has 0 aliphatic carbocycles. The third-order valence-corrected chi connectivity index (χ3v) is 13.4. The molecule has 0 bridgehead atoms. The SMILES string of the molecule is C=C/C=C\C.c1ccc(-c2ccc(N(c3ccc(-c4cccc5c4oc4ccc6ccccc6c45)cc3)c3ccc(-c4cc5ccccc5c5c4sc4ccccc45)cc3)cc2)cc1. The number of hydrogen-bond acceptors (Lipinski definition) is 3. The van der Waals surface area contributed by atoms with Gasteiger partial charge < -0.3 is 9.32 Å². The highest BCUT2D eigenvalue weighted by Gasteiger charge is 2.19. The van der Waals surface area contributed by atoms with Gasteiger partial charge in [-0.25, -0.2) is 0 Å². The lowest BCUT2D eigenvalue weighted by Gasteiger charge is -2.26. The van der Waals surface area contributed by atoms with Crippen LogP contribution in [0.2, 0.25) is 0 Å². The van der Waals surface area contributed by atoms with E-state index in [4.69, 9.17) is 4.42 Å². The van der Waals surface area contributed by atoms with Gasteiger partial charge in [-0.2, -0.15) is 0 Å². The van der Waals surface area contributed by atoms with Crippen molar-refractivity contribution in [1.29, 1.82) is 0 Å². The average Bonchev–Trinajstić information content (AvgIpc) is 3.95. The highest BCUT2D eigenvalue weighted by Crippen LogP contribution is 2.46. The summed E-state index contributed by atoms with van der Waals surface area (Å²) in [6.07, 6.45) is 5.58. The summed E-state index contributed by atoms with van der Waals surface area (Å²) in [5.74, 6) is 0. The summed E-state index contributed by atoms with van der Waals surface area (Å²) in [5.41, 5.74) is 12.1. The summed E-state index contributed by atoms with van der Waals surface area (Å²) < 4.78 is 9.26. The maximum Gasteiger partial charge on any atom is 0.143 e. The Balaban J connectivity index is 0.000000868. The van der Waals surface area contributed by atoms with E-state index in [2.05, 4.69) is 224 Å². The van der Waals surface area contributed by atoms with Gasteiger partial charge in [-0.3, -0.25) is 0 Å². The van der Waals surface area contributed by atoms with Crippen molar-refractivity contribution in [3.05, 3.63) is 237 Å². The molecule has 2 nitrogen and oxygen atoms in total. The Kier molecular flexibility index (Phi) is 10.2. The number of benzene rings is 10. The van der Waals surface area contributed by atoms with E-state index in [1.807, 2.05) is 30.4 Å². The molecule has 0 fully saturated rings. The third-order valence-electron chi connectivity index (χ3n) is 12.2. The van der Waals surface area contributed by atoms with Crippen LogP contribution in [-0.4, -0.2) is 0 Å². The molecule has 0 radical (unpaired) electrons. The van der Waals surface area contributed by atoms with Crippen molar-refractivity contribution in [2.45, 2.75) is 6.92 Å². The summed E-state index contributed by atoms with van der Waals surface area (Å²) in [7, 11) is 0. The van der Waals surface area contributed by atoms with Crippen LogP contribution in [0.4, 0.5) is 17.1 Å². The molecule has 0 atom stereocenters. The highest BCUT2D eigenvalue weighted by molar-refractivity contribution is 7.26. The zero-order valence-electron chi connectivity index (χ0n) is 35.4. The monoisotopic (exact) mass is 837 g/mol. The van der Waals surface area contributed by atoms with E-state index in [0.29, 0.717) is 0 Å². The van der Waals surface area contributed by atoms with Gasteiger partial charge in [-0.05, 0) is 105 Å². The van der Waals surface area contributed by atoms with Crippen LogP contribution in [0.15, 0.2) is 242 Å². The molecule has 0 saturated heterocycles. The van der Waals surface area contributed by atoms with Crippen LogP contribution in [0.1, 0.15) is 6.92 Å². The van der Waals surface area contributed by atoms with Gasteiger partial charge in [0, 0.05) is 59.1 Å².